The third-order valence-corrected chi connectivity index (χ3v) is 8.54. The molecule has 3 heterocycles. The second-order valence-electron chi connectivity index (χ2n) is 11.7. The molecule has 4 aromatic rings. The highest BCUT2D eigenvalue weighted by molar-refractivity contribution is 7.23. The third-order valence-electron chi connectivity index (χ3n) is 7.52. The molecule has 0 saturated carbocycles. The van der Waals surface area contributed by atoms with Crippen LogP contribution in [0.3, 0.4) is 0 Å². The largest absolute Gasteiger partial charge is 0.444 e. The summed E-state index contributed by atoms with van der Waals surface area (Å²) >= 11 is 1.57. The number of carbonyl (C=O) groups is 2. The molecular formula is C33H45N5O3S. The lowest BCUT2D eigenvalue weighted by molar-refractivity contribution is 0.0224. The SMILES string of the molecule is CC(C)(C)OC(=O)N1CCCC1c1ccc(-c2cn3c(n2)sc2cc(C=O)ccc23)cc1.CCN(CC)CCCNC. The summed E-state index contributed by atoms with van der Waals surface area (Å²) in [5, 5.41) is 3.14. The van der Waals surface area contributed by atoms with Crippen molar-refractivity contribution in [2.75, 3.05) is 39.8 Å². The number of likely N-dealkylation sites (tertiary alicyclic amines) is 1. The number of imidazole rings is 1. The minimum absolute atomic E-state index is 0.0420. The van der Waals surface area contributed by atoms with Crippen molar-refractivity contribution in [2.24, 2.45) is 0 Å². The molecule has 5 rings (SSSR count). The quantitative estimate of drug-likeness (QED) is 0.166. The van der Waals surface area contributed by atoms with E-state index in [-0.39, 0.29) is 12.1 Å². The Morgan fingerprint density at radius 1 is 1.17 bits per heavy atom. The predicted molar refractivity (Wildman–Crippen MR) is 173 cm³/mol. The molecule has 226 valence electrons. The molecule has 0 bridgehead atoms. The van der Waals surface area contributed by atoms with Crippen molar-refractivity contribution >= 4 is 38.9 Å². The zero-order valence-electron chi connectivity index (χ0n) is 25.9. The number of rotatable bonds is 9. The van der Waals surface area contributed by atoms with Crippen LogP contribution in [0.5, 0.6) is 0 Å². The molecule has 0 aliphatic carbocycles. The highest BCUT2D eigenvalue weighted by atomic mass is 32.1. The third kappa shape index (κ3) is 7.76. The minimum Gasteiger partial charge on any atom is -0.444 e. The predicted octanol–water partition coefficient (Wildman–Crippen LogP) is 7.04. The minimum atomic E-state index is -0.499. The molecule has 42 heavy (non-hydrogen) atoms. The number of hydrogen-bond acceptors (Lipinski definition) is 7. The molecule has 2 aromatic carbocycles. The van der Waals surface area contributed by atoms with Crippen molar-refractivity contribution in [2.45, 2.75) is 65.5 Å². The smallest absolute Gasteiger partial charge is 0.410 e. The lowest BCUT2D eigenvalue weighted by Gasteiger charge is -2.28. The Labute approximate surface area is 253 Å². The molecule has 2 aromatic heterocycles. The lowest BCUT2D eigenvalue weighted by Crippen LogP contribution is -2.36. The van der Waals surface area contributed by atoms with Gasteiger partial charge in [-0.05, 0) is 97.0 Å². The standard InChI is InChI=1S/C25H25N3O3S.C8H20N2/c1-25(2,3)31-24(30)27-12-4-5-20(27)18-9-7-17(8-10-18)19-14-28-21-11-6-16(15-29)13-22(21)32-23(28)26-19;1-4-10(5-2)8-6-7-9-3/h6-11,13-15,20H,4-5,12H2,1-3H3;9H,4-8H2,1-3H3. The molecule has 0 radical (unpaired) electrons. The van der Waals surface area contributed by atoms with Gasteiger partial charge in [-0.3, -0.25) is 9.20 Å². The van der Waals surface area contributed by atoms with E-state index in [0.717, 1.165) is 64.2 Å². The summed E-state index contributed by atoms with van der Waals surface area (Å²) < 4.78 is 8.71. The maximum Gasteiger partial charge on any atom is 0.410 e. The van der Waals surface area contributed by atoms with Crippen molar-refractivity contribution in [3.63, 3.8) is 0 Å². The lowest BCUT2D eigenvalue weighted by atomic mass is 10.0. The van der Waals surface area contributed by atoms with Crippen molar-refractivity contribution in [3.05, 3.63) is 59.8 Å². The number of nitrogens with one attached hydrogen (secondary N) is 1. The Balaban J connectivity index is 0.000000349. The average molecular weight is 592 g/mol. The Kier molecular flexibility index (Phi) is 10.8. The van der Waals surface area contributed by atoms with Crippen LogP contribution in [0.25, 0.3) is 26.4 Å². The van der Waals surface area contributed by atoms with Gasteiger partial charge < -0.3 is 19.9 Å². The second kappa shape index (κ2) is 14.3. The first-order chi connectivity index (χ1) is 20.2. The zero-order chi connectivity index (χ0) is 30.3. The fourth-order valence-electron chi connectivity index (χ4n) is 5.28. The number of hydrogen-bond donors (Lipinski definition) is 1. The van der Waals surface area contributed by atoms with E-state index in [0.29, 0.717) is 5.56 Å². The van der Waals surface area contributed by atoms with E-state index in [2.05, 4.69) is 52.7 Å². The molecule has 9 heteroatoms. The number of aromatic nitrogens is 2. The number of ether oxygens (including phenoxy) is 1. The summed E-state index contributed by atoms with van der Waals surface area (Å²) in [5.41, 5.74) is 4.27. The van der Waals surface area contributed by atoms with E-state index < -0.39 is 5.60 Å². The normalized spacial score (nSPS) is 15.3. The number of aldehydes is 1. The summed E-state index contributed by atoms with van der Waals surface area (Å²) in [7, 11) is 2.00. The van der Waals surface area contributed by atoms with Gasteiger partial charge >= 0.3 is 6.09 Å². The fraction of sp³-hybridized carbons (Fsp3) is 0.485. The second-order valence-corrected chi connectivity index (χ2v) is 12.7. The van der Waals surface area contributed by atoms with Crippen molar-refractivity contribution < 1.29 is 14.3 Å². The van der Waals surface area contributed by atoms with Gasteiger partial charge in [0, 0.05) is 23.9 Å². The number of fused-ring (bicyclic) bond motifs is 3. The maximum absolute atomic E-state index is 12.6. The number of thiazole rings is 1. The van der Waals surface area contributed by atoms with Crippen LogP contribution < -0.4 is 5.32 Å². The van der Waals surface area contributed by atoms with Crippen molar-refractivity contribution in [3.8, 4) is 11.3 Å². The highest BCUT2D eigenvalue weighted by Crippen LogP contribution is 2.35. The van der Waals surface area contributed by atoms with E-state index in [1.54, 1.807) is 11.3 Å². The van der Waals surface area contributed by atoms with Gasteiger partial charge in [0.1, 0.15) is 11.9 Å². The van der Waals surface area contributed by atoms with Crippen LogP contribution in [0, 0.1) is 0 Å². The van der Waals surface area contributed by atoms with Crippen LogP contribution >= 0.6 is 11.3 Å². The first-order valence-electron chi connectivity index (χ1n) is 15.0. The molecule has 1 aliphatic rings. The number of carbonyl (C=O) groups excluding carboxylic acids is 2. The molecule has 1 saturated heterocycles. The van der Waals surface area contributed by atoms with Gasteiger partial charge in [-0.15, -0.1) is 0 Å². The molecule has 0 spiro atoms. The Morgan fingerprint density at radius 3 is 2.55 bits per heavy atom. The summed E-state index contributed by atoms with van der Waals surface area (Å²) in [4.78, 5) is 33.6. The van der Waals surface area contributed by atoms with Crippen LogP contribution in [-0.2, 0) is 4.74 Å². The summed E-state index contributed by atoms with van der Waals surface area (Å²) in [6.45, 7) is 15.6. The maximum atomic E-state index is 12.6. The fourth-order valence-corrected chi connectivity index (χ4v) is 6.33. The summed E-state index contributed by atoms with van der Waals surface area (Å²) in [6, 6.07) is 14.0. The molecular weight excluding hydrogens is 546 g/mol. The monoisotopic (exact) mass is 591 g/mol. The molecule has 8 nitrogen and oxygen atoms in total. The van der Waals surface area contributed by atoms with E-state index in [4.69, 9.17) is 9.72 Å². The van der Waals surface area contributed by atoms with Gasteiger partial charge in [-0.2, -0.15) is 0 Å². The van der Waals surface area contributed by atoms with Gasteiger partial charge in [0.25, 0.3) is 0 Å². The van der Waals surface area contributed by atoms with Gasteiger partial charge in [-0.1, -0.05) is 49.4 Å². The van der Waals surface area contributed by atoms with Gasteiger partial charge in [-0.25, -0.2) is 9.78 Å². The van der Waals surface area contributed by atoms with Crippen molar-refractivity contribution in [1.82, 2.24) is 24.5 Å². The van der Waals surface area contributed by atoms with Crippen LogP contribution in [0.4, 0.5) is 4.79 Å². The number of nitrogens with zero attached hydrogens (tertiary/aromatic N) is 4. The first kappa shape index (κ1) is 31.7. The molecule has 1 N–H and O–H groups in total. The van der Waals surface area contributed by atoms with Gasteiger partial charge in [0.05, 0.1) is 22.0 Å². The van der Waals surface area contributed by atoms with E-state index in [1.165, 1.54) is 26.1 Å². The first-order valence-corrected chi connectivity index (χ1v) is 15.8. The van der Waals surface area contributed by atoms with Crippen LogP contribution in [-0.4, -0.2) is 76.9 Å². The molecule has 1 aliphatic heterocycles. The topological polar surface area (TPSA) is 79.2 Å². The Bertz CT molecular complexity index is 1470. The van der Waals surface area contributed by atoms with Crippen LogP contribution in [0.1, 0.15) is 75.8 Å². The summed E-state index contributed by atoms with van der Waals surface area (Å²) in [6.07, 6.45) is 5.83. The molecule has 1 atom stereocenters. The average Bonchev–Trinajstić information content (AvgIpc) is 3.70. The molecule has 1 unspecified atom stereocenters. The van der Waals surface area contributed by atoms with Gasteiger partial charge in [0.2, 0.25) is 0 Å². The zero-order valence-corrected chi connectivity index (χ0v) is 26.7. The molecule has 1 fully saturated rings. The Morgan fingerprint density at radius 2 is 1.90 bits per heavy atom. The highest BCUT2D eigenvalue weighted by Gasteiger charge is 2.33. The van der Waals surface area contributed by atoms with Crippen LogP contribution in [0.15, 0.2) is 48.7 Å². The number of amides is 1. The van der Waals surface area contributed by atoms with Gasteiger partial charge in [0.15, 0.2) is 4.96 Å². The molecule has 1 amide bonds. The number of benzene rings is 2. The van der Waals surface area contributed by atoms with E-state index >= 15 is 0 Å². The van der Waals surface area contributed by atoms with E-state index in [1.807, 2.05) is 57.1 Å². The summed E-state index contributed by atoms with van der Waals surface area (Å²) in [5.74, 6) is 0. The Hall–Kier alpha value is -3.27. The van der Waals surface area contributed by atoms with E-state index in [9.17, 15) is 9.59 Å². The van der Waals surface area contributed by atoms with Crippen LogP contribution in [0.2, 0.25) is 0 Å². The van der Waals surface area contributed by atoms with Crippen molar-refractivity contribution in [1.29, 1.82) is 0 Å².